The fourth-order valence-corrected chi connectivity index (χ4v) is 4.08. The van der Waals surface area contributed by atoms with Crippen LogP contribution in [-0.4, -0.2) is 35.9 Å². The number of halogens is 1. The molecule has 0 aliphatic rings. The topological polar surface area (TPSA) is 58.6 Å². The van der Waals surface area contributed by atoms with Crippen LogP contribution in [0.3, 0.4) is 0 Å². The Balaban J connectivity index is 2.19. The van der Waals surface area contributed by atoms with Gasteiger partial charge in [-0.15, -0.1) is 0 Å². The summed E-state index contributed by atoms with van der Waals surface area (Å²) in [5.74, 6) is 0.289. The first-order valence-electron chi connectivity index (χ1n) is 11.4. The number of carbonyl (C=O) groups excluding carboxylic acids is 2. The molecule has 1 N–H and O–H groups in total. The molecule has 174 valence electrons. The molecule has 5 nitrogen and oxygen atoms in total. The number of rotatable bonds is 12. The van der Waals surface area contributed by atoms with Gasteiger partial charge in [-0.1, -0.05) is 63.1 Å². The number of hydrogen-bond donors (Lipinski definition) is 1. The number of unbranched alkanes of at least 4 members (excludes halogenated alkanes) is 1. The average Bonchev–Trinajstić information content (AvgIpc) is 2.78. The lowest BCUT2D eigenvalue weighted by Gasteiger charge is -2.30. The molecule has 6 heteroatoms. The number of nitrogens with zero attached hydrogens (tertiary/aromatic N) is 1. The zero-order valence-corrected chi connectivity index (χ0v) is 21.2. The van der Waals surface area contributed by atoms with E-state index in [0.717, 1.165) is 34.9 Å². The molecule has 0 aliphatic carbocycles. The van der Waals surface area contributed by atoms with E-state index in [2.05, 4.69) is 35.1 Å². The molecule has 0 fully saturated rings. The van der Waals surface area contributed by atoms with Gasteiger partial charge < -0.3 is 15.0 Å². The van der Waals surface area contributed by atoms with Crippen LogP contribution in [0.4, 0.5) is 0 Å². The zero-order valence-electron chi connectivity index (χ0n) is 19.6. The summed E-state index contributed by atoms with van der Waals surface area (Å²) >= 11 is 3.52. The third kappa shape index (κ3) is 7.66. The third-order valence-corrected chi connectivity index (χ3v) is 6.03. The average molecular weight is 503 g/mol. The first-order chi connectivity index (χ1) is 15.4. The fraction of sp³-hybridized carbons (Fsp3) is 0.462. The van der Waals surface area contributed by atoms with Gasteiger partial charge >= 0.3 is 0 Å². The molecular weight excluding hydrogens is 468 g/mol. The van der Waals surface area contributed by atoms with Gasteiger partial charge in [0.25, 0.3) is 5.91 Å². The van der Waals surface area contributed by atoms with Gasteiger partial charge in [-0.2, -0.15) is 0 Å². The molecule has 2 aromatic carbocycles. The van der Waals surface area contributed by atoms with Gasteiger partial charge in [-0.25, -0.2) is 0 Å². The highest BCUT2D eigenvalue weighted by atomic mass is 79.9. The van der Waals surface area contributed by atoms with Crippen molar-refractivity contribution in [3.05, 3.63) is 63.6 Å². The van der Waals surface area contributed by atoms with Crippen molar-refractivity contribution < 1.29 is 14.3 Å². The molecule has 2 amide bonds. The maximum Gasteiger partial charge on any atom is 0.261 e. The summed E-state index contributed by atoms with van der Waals surface area (Å²) in [7, 11) is 0. The summed E-state index contributed by atoms with van der Waals surface area (Å²) in [4.78, 5) is 27.8. The molecule has 32 heavy (non-hydrogen) atoms. The fourth-order valence-electron chi connectivity index (χ4n) is 3.54. The number of benzene rings is 2. The lowest BCUT2D eigenvalue weighted by Crippen LogP contribution is -2.50. The quantitative estimate of drug-likeness (QED) is 0.394. The summed E-state index contributed by atoms with van der Waals surface area (Å²) in [6, 6.07) is 13.3. The largest absolute Gasteiger partial charge is 0.483 e. The summed E-state index contributed by atoms with van der Waals surface area (Å²) in [5, 5.41) is 2.98. The molecule has 2 rings (SSSR count). The SMILES string of the molecule is CCCCNC(=O)[C@@H](CC)N(Cc1cccc(C)c1)C(=O)COc1ccc(CC)cc1Br. The Morgan fingerprint density at radius 1 is 1.09 bits per heavy atom. The molecule has 0 saturated carbocycles. The Hall–Kier alpha value is -2.34. The minimum absolute atomic E-state index is 0.115. The van der Waals surface area contributed by atoms with E-state index in [0.29, 0.717) is 25.3 Å². The summed E-state index contributed by atoms with van der Waals surface area (Å²) in [6.45, 7) is 8.97. The van der Waals surface area contributed by atoms with Crippen molar-refractivity contribution in [3.8, 4) is 5.75 Å². The predicted molar refractivity (Wildman–Crippen MR) is 133 cm³/mol. The van der Waals surface area contributed by atoms with Crippen LogP contribution >= 0.6 is 15.9 Å². The maximum atomic E-state index is 13.3. The van der Waals surface area contributed by atoms with Gasteiger partial charge in [-0.05, 0) is 65.4 Å². The van der Waals surface area contributed by atoms with Crippen molar-refractivity contribution in [2.24, 2.45) is 0 Å². The standard InChI is InChI=1S/C26H35BrN2O3/c1-5-8-14-28-26(31)23(7-3)29(17-21-11-9-10-19(4)15-21)25(30)18-32-24-13-12-20(6-2)16-22(24)27/h9-13,15-16,23H,5-8,14,17-18H2,1-4H3,(H,28,31)/t23-/m1/s1. The second kappa shape index (κ2) is 13.3. The van der Waals surface area contributed by atoms with Gasteiger partial charge in [0.15, 0.2) is 6.61 Å². The minimum Gasteiger partial charge on any atom is -0.483 e. The molecule has 0 spiro atoms. The molecule has 0 aliphatic heterocycles. The monoisotopic (exact) mass is 502 g/mol. The van der Waals surface area contributed by atoms with Crippen LogP contribution in [0.25, 0.3) is 0 Å². The first kappa shape index (κ1) is 25.9. The van der Waals surface area contributed by atoms with Crippen molar-refractivity contribution in [2.75, 3.05) is 13.2 Å². The molecule has 0 bridgehead atoms. The number of carbonyl (C=O) groups is 2. The smallest absolute Gasteiger partial charge is 0.261 e. The van der Waals surface area contributed by atoms with E-state index in [1.807, 2.05) is 56.3 Å². The van der Waals surface area contributed by atoms with E-state index in [1.165, 1.54) is 5.56 Å². The minimum atomic E-state index is -0.547. The van der Waals surface area contributed by atoms with Crippen LogP contribution in [0.15, 0.2) is 46.9 Å². The molecule has 0 aromatic heterocycles. The van der Waals surface area contributed by atoms with Crippen LogP contribution in [0.2, 0.25) is 0 Å². The number of amides is 2. The lowest BCUT2D eigenvalue weighted by molar-refractivity contribution is -0.143. The summed E-state index contributed by atoms with van der Waals surface area (Å²) < 4.78 is 6.66. The zero-order chi connectivity index (χ0) is 23.5. The van der Waals surface area contributed by atoms with Gasteiger partial charge in [-0.3, -0.25) is 9.59 Å². The molecule has 0 radical (unpaired) electrons. The Morgan fingerprint density at radius 3 is 2.50 bits per heavy atom. The Bertz CT molecular complexity index is 900. The maximum absolute atomic E-state index is 13.3. The lowest BCUT2D eigenvalue weighted by atomic mass is 10.1. The summed E-state index contributed by atoms with van der Waals surface area (Å²) in [6.07, 6.45) is 3.37. The van der Waals surface area contributed by atoms with Crippen molar-refractivity contribution in [2.45, 2.75) is 66.0 Å². The third-order valence-electron chi connectivity index (χ3n) is 5.41. The van der Waals surface area contributed by atoms with E-state index in [-0.39, 0.29) is 18.4 Å². The Morgan fingerprint density at radius 2 is 1.88 bits per heavy atom. The molecule has 0 heterocycles. The predicted octanol–water partition coefficient (Wildman–Crippen LogP) is 5.42. The van der Waals surface area contributed by atoms with Crippen LogP contribution in [-0.2, 0) is 22.6 Å². The van der Waals surface area contributed by atoms with E-state index in [4.69, 9.17) is 4.74 Å². The Labute approximate surface area is 200 Å². The van der Waals surface area contributed by atoms with Crippen molar-refractivity contribution >= 4 is 27.7 Å². The van der Waals surface area contributed by atoms with Crippen molar-refractivity contribution in [1.29, 1.82) is 0 Å². The van der Waals surface area contributed by atoms with Crippen LogP contribution in [0.5, 0.6) is 5.75 Å². The van der Waals surface area contributed by atoms with Gasteiger partial charge in [0.05, 0.1) is 4.47 Å². The molecule has 2 aromatic rings. The van der Waals surface area contributed by atoms with Crippen molar-refractivity contribution in [1.82, 2.24) is 10.2 Å². The van der Waals surface area contributed by atoms with E-state index in [1.54, 1.807) is 4.90 Å². The molecular formula is C26H35BrN2O3. The number of ether oxygens (including phenoxy) is 1. The number of hydrogen-bond acceptors (Lipinski definition) is 3. The Kier molecular flexibility index (Phi) is 10.7. The first-order valence-corrected chi connectivity index (χ1v) is 12.2. The molecule has 0 unspecified atom stereocenters. The highest BCUT2D eigenvalue weighted by Gasteiger charge is 2.29. The second-order valence-corrected chi connectivity index (χ2v) is 8.84. The van der Waals surface area contributed by atoms with Crippen LogP contribution in [0.1, 0.15) is 56.7 Å². The van der Waals surface area contributed by atoms with Crippen LogP contribution < -0.4 is 10.1 Å². The van der Waals surface area contributed by atoms with Gasteiger partial charge in [0, 0.05) is 13.1 Å². The molecule has 0 saturated heterocycles. The highest BCUT2D eigenvalue weighted by molar-refractivity contribution is 9.10. The summed E-state index contributed by atoms with van der Waals surface area (Å²) in [5.41, 5.74) is 3.30. The van der Waals surface area contributed by atoms with Crippen LogP contribution in [0, 0.1) is 6.92 Å². The van der Waals surface area contributed by atoms with E-state index < -0.39 is 6.04 Å². The highest BCUT2D eigenvalue weighted by Crippen LogP contribution is 2.26. The number of aryl methyl sites for hydroxylation is 2. The van der Waals surface area contributed by atoms with Crippen molar-refractivity contribution in [3.63, 3.8) is 0 Å². The van der Waals surface area contributed by atoms with Gasteiger partial charge in [0.1, 0.15) is 11.8 Å². The van der Waals surface area contributed by atoms with E-state index >= 15 is 0 Å². The normalized spacial score (nSPS) is 11.7. The molecule has 1 atom stereocenters. The number of nitrogens with one attached hydrogen (secondary N) is 1. The van der Waals surface area contributed by atoms with Gasteiger partial charge in [0.2, 0.25) is 5.91 Å². The van der Waals surface area contributed by atoms with E-state index in [9.17, 15) is 9.59 Å². The second-order valence-electron chi connectivity index (χ2n) is 7.99.